The van der Waals surface area contributed by atoms with Crippen LogP contribution in [0.5, 0.6) is 5.75 Å². The van der Waals surface area contributed by atoms with E-state index < -0.39 is 4.92 Å². The number of nitro groups is 1. The summed E-state index contributed by atoms with van der Waals surface area (Å²) in [5.41, 5.74) is 1.46. The van der Waals surface area contributed by atoms with Crippen LogP contribution in [0.15, 0.2) is 53.5 Å². The molecule has 0 saturated heterocycles. The standard InChI is InChI=1S/C16H13N3O4/c1-23-13-5-2-11(3-6-13)10-18-15-8-12(19(21)22)4-7-14(15)17-9-16(18)20/h2-9H,10H2,1H3. The molecule has 7 nitrogen and oxygen atoms in total. The summed E-state index contributed by atoms with van der Waals surface area (Å²) in [5.74, 6) is 0.719. The van der Waals surface area contributed by atoms with Crippen LogP contribution >= 0.6 is 0 Å². The molecule has 1 heterocycles. The van der Waals surface area contributed by atoms with E-state index in [1.165, 1.54) is 29.0 Å². The topological polar surface area (TPSA) is 87.3 Å². The molecule has 23 heavy (non-hydrogen) atoms. The number of methoxy groups -OCH3 is 1. The molecule has 3 aromatic rings. The summed E-state index contributed by atoms with van der Waals surface area (Å²) < 4.78 is 6.57. The van der Waals surface area contributed by atoms with Gasteiger partial charge in [0, 0.05) is 12.1 Å². The van der Waals surface area contributed by atoms with E-state index in [0.29, 0.717) is 17.6 Å². The van der Waals surface area contributed by atoms with Gasteiger partial charge in [0.05, 0.1) is 35.8 Å². The SMILES string of the molecule is COc1ccc(Cn2c(=O)cnc3ccc([N+](=O)[O-])cc32)cc1. The lowest BCUT2D eigenvalue weighted by Crippen LogP contribution is -2.21. The van der Waals surface area contributed by atoms with Crippen molar-refractivity contribution in [2.45, 2.75) is 6.54 Å². The lowest BCUT2D eigenvalue weighted by atomic mass is 10.2. The number of aromatic nitrogens is 2. The zero-order chi connectivity index (χ0) is 16.4. The Balaban J connectivity index is 2.10. The van der Waals surface area contributed by atoms with Gasteiger partial charge in [0.1, 0.15) is 5.75 Å². The minimum atomic E-state index is -0.491. The fourth-order valence-corrected chi connectivity index (χ4v) is 2.34. The van der Waals surface area contributed by atoms with Gasteiger partial charge in [-0.05, 0) is 23.8 Å². The van der Waals surface area contributed by atoms with E-state index in [9.17, 15) is 14.9 Å². The normalized spacial score (nSPS) is 10.7. The zero-order valence-corrected chi connectivity index (χ0v) is 12.3. The first-order chi connectivity index (χ1) is 11.1. The molecule has 0 N–H and O–H groups in total. The van der Waals surface area contributed by atoms with Crippen LogP contribution in [0, 0.1) is 10.1 Å². The summed E-state index contributed by atoms with van der Waals surface area (Å²) in [7, 11) is 1.58. The van der Waals surface area contributed by atoms with Crippen LogP contribution in [0.3, 0.4) is 0 Å². The largest absolute Gasteiger partial charge is 0.497 e. The quantitative estimate of drug-likeness (QED) is 0.545. The molecule has 0 spiro atoms. The molecule has 0 radical (unpaired) electrons. The lowest BCUT2D eigenvalue weighted by molar-refractivity contribution is -0.384. The van der Waals surface area contributed by atoms with Crippen LogP contribution in [-0.2, 0) is 6.54 Å². The molecule has 116 valence electrons. The summed E-state index contributed by atoms with van der Waals surface area (Å²) in [4.78, 5) is 26.6. The average molecular weight is 311 g/mol. The van der Waals surface area contributed by atoms with Gasteiger partial charge >= 0.3 is 0 Å². The van der Waals surface area contributed by atoms with E-state index in [0.717, 1.165) is 11.3 Å². The van der Waals surface area contributed by atoms with Crippen LogP contribution in [0.1, 0.15) is 5.56 Å². The van der Waals surface area contributed by atoms with Gasteiger partial charge in [0.2, 0.25) is 0 Å². The van der Waals surface area contributed by atoms with Gasteiger partial charge in [-0.15, -0.1) is 0 Å². The number of hydrogen-bond donors (Lipinski definition) is 0. The Morgan fingerprint density at radius 2 is 1.96 bits per heavy atom. The summed E-state index contributed by atoms with van der Waals surface area (Å²) in [5, 5.41) is 11.0. The van der Waals surface area contributed by atoms with E-state index in [1.807, 2.05) is 12.1 Å². The molecule has 7 heteroatoms. The van der Waals surface area contributed by atoms with Crippen molar-refractivity contribution in [1.82, 2.24) is 9.55 Å². The molecule has 3 rings (SSSR count). The Morgan fingerprint density at radius 1 is 1.22 bits per heavy atom. The van der Waals surface area contributed by atoms with Crippen molar-refractivity contribution in [1.29, 1.82) is 0 Å². The monoisotopic (exact) mass is 311 g/mol. The first kappa shape index (κ1) is 14.7. The molecule has 0 fully saturated rings. The summed E-state index contributed by atoms with van der Waals surface area (Å²) in [6.07, 6.45) is 1.22. The van der Waals surface area contributed by atoms with Gasteiger partial charge in [0.15, 0.2) is 0 Å². The van der Waals surface area contributed by atoms with Crippen LogP contribution < -0.4 is 10.3 Å². The van der Waals surface area contributed by atoms with Gasteiger partial charge in [-0.1, -0.05) is 12.1 Å². The molecule has 1 aromatic heterocycles. The van der Waals surface area contributed by atoms with Crippen molar-refractivity contribution in [2.24, 2.45) is 0 Å². The molecule has 2 aromatic carbocycles. The molecule has 0 aliphatic rings. The molecule has 0 saturated carbocycles. The molecular formula is C16H13N3O4. The maximum absolute atomic E-state index is 12.1. The number of nitro benzene ring substituents is 1. The fourth-order valence-electron chi connectivity index (χ4n) is 2.34. The predicted molar refractivity (Wildman–Crippen MR) is 84.8 cm³/mol. The Hall–Kier alpha value is -3.22. The Labute approximate surface area is 130 Å². The first-order valence-electron chi connectivity index (χ1n) is 6.85. The third-order valence-corrected chi connectivity index (χ3v) is 3.54. The second-order valence-electron chi connectivity index (χ2n) is 4.96. The molecular weight excluding hydrogens is 298 g/mol. The molecule has 0 amide bonds. The highest BCUT2D eigenvalue weighted by Gasteiger charge is 2.11. The molecule has 0 aliphatic carbocycles. The van der Waals surface area contributed by atoms with E-state index in [1.54, 1.807) is 19.2 Å². The van der Waals surface area contributed by atoms with E-state index >= 15 is 0 Å². The number of rotatable bonds is 4. The first-order valence-corrected chi connectivity index (χ1v) is 6.85. The summed E-state index contributed by atoms with van der Waals surface area (Å²) >= 11 is 0. The van der Waals surface area contributed by atoms with Crippen molar-refractivity contribution >= 4 is 16.7 Å². The second kappa shape index (κ2) is 5.88. The molecule has 0 aliphatic heterocycles. The van der Waals surface area contributed by atoms with Crippen molar-refractivity contribution in [3.8, 4) is 5.75 Å². The van der Waals surface area contributed by atoms with Gasteiger partial charge in [0.25, 0.3) is 11.2 Å². The van der Waals surface area contributed by atoms with Crippen LogP contribution in [0.2, 0.25) is 0 Å². The highest BCUT2D eigenvalue weighted by molar-refractivity contribution is 5.77. The number of benzene rings is 2. The van der Waals surface area contributed by atoms with Crippen LogP contribution in [0.25, 0.3) is 11.0 Å². The number of nitrogens with zero attached hydrogens (tertiary/aromatic N) is 3. The van der Waals surface area contributed by atoms with Gasteiger partial charge in [-0.2, -0.15) is 0 Å². The lowest BCUT2D eigenvalue weighted by Gasteiger charge is -2.10. The third-order valence-electron chi connectivity index (χ3n) is 3.54. The highest BCUT2D eigenvalue weighted by atomic mass is 16.6. The zero-order valence-electron chi connectivity index (χ0n) is 12.3. The third kappa shape index (κ3) is 2.89. The Morgan fingerprint density at radius 3 is 2.61 bits per heavy atom. The fraction of sp³-hybridized carbons (Fsp3) is 0.125. The summed E-state index contributed by atoms with van der Waals surface area (Å²) in [6, 6.07) is 11.6. The van der Waals surface area contributed by atoms with Crippen LogP contribution in [0.4, 0.5) is 5.69 Å². The number of non-ortho nitro benzene ring substituents is 1. The smallest absolute Gasteiger partial charge is 0.271 e. The predicted octanol–water partition coefficient (Wildman–Crippen LogP) is 2.36. The Bertz CT molecular complexity index is 932. The van der Waals surface area contributed by atoms with Crippen molar-refractivity contribution in [3.05, 3.63) is 74.7 Å². The molecule has 0 bridgehead atoms. The van der Waals surface area contributed by atoms with Crippen molar-refractivity contribution in [3.63, 3.8) is 0 Å². The second-order valence-corrected chi connectivity index (χ2v) is 4.96. The van der Waals surface area contributed by atoms with Crippen molar-refractivity contribution < 1.29 is 9.66 Å². The van der Waals surface area contributed by atoms with Crippen molar-refractivity contribution in [2.75, 3.05) is 7.11 Å². The highest BCUT2D eigenvalue weighted by Crippen LogP contribution is 2.19. The van der Waals surface area contributed by atoms with E-state index in [4.69, 9.17) is 4.74 Å². The van der Waals surface area contributed by atoms with Gasteiger partial charge < -0.3 is 9.30 Å². The average Bonchev–Trinajstić information content (AvgIpc) is 2.57. The number of hydrogen-bond acceptors (Lipinski definition) is 5. The Kier molecular flexibility index (Phi) is 3.76. The van der Waals surface area contributed by atoms with Gasteiger partial charge in [-0.3, -0.25) is 14.9 Å². The van der Waals surface area contributed by atoms with E-state index in [-0.39, 0.29) is 11.2 Å². The number of ether oxygens (including phenoxy) is 1. The number of fused-ring (bicyclic) bond motifs is 1. The molecule has 0 atom stereocenters. The maximum atomic E-state index is 12.1. The van der Waals surface area contributed by atoms with Gasteiger partial charge in [-0.25, -0.2) is 4.98 Å². The minimum absolute atomic E-state index is 0.0756. The molecule has 0 unspecified atom stereocenters. The maximum Gasteiger partial charge on any atom is 0.271 e. The van der Waals surface area contributed by atoms with Crippen LogP contribution in [-0.4, -0.2) is 21.6 Å². The van der Waals surface area contributed by atoms with E-state index in [2.05, 4.69) is 4.98 Å². The summed E-state index contributed by atoms with van der Waals surface area (Å²) in [6.45, 7) is 0.295. The minimum Gasteiger partial charge on any atom is -0.497 e.